The Kier molecular flexibility index (Phi) is 3.31. The molecule has 0 bridgehead atoms. The van der Waals surface area contributed by atoms with Crippen LogP contribution in [0.25, 0.3) is 11.0 Å². The van der Waals surface area contributed by atoms with Gasteiger partial charge in [0, 0.05) is 18.8 Å². The van der Waals surface area contributed by atoms with E-state index >= 15 is 0 Å². The number of imidazole rings is 1. The van der Waals surface area contributed by atoms with Crippen LogP contribution in [0.1, 0.15) is 23.4 Å². The summed E-state index contributed by atoms with van der Waals surface area (Å²) in [5.74, 6) is 1.01. The molecule has 0 radical (unpaired) electrons. The third-order valence-electron chi connectivity index (χ3n) is 4.38. The van der Waals surface area contributed by atoms with Gasteiger partial charge in [-0.25, -0.2) is 4.98 Å². The number of nitrogens with one attached hydrogen (secondary N) is 1. The topological polar surface area (TPSA) is 57.9 Å². The lowest BCUT2D eigenvalue weighted by Crippen LogP contribution is -2.29. The standard InChI is InChI=1S/C18H20N4/c19-11-13-7-8-15-16(10-13)21-18(20-15)12-22-9-3-5-14-4-1-2-6-17(14)22/h1-2,4,6-8,10H,3,5,9,11-12,19H2,(H,20,21). The summed E-state index contributed by atoms with van der Waals surface area (Å²) in [7, 11) is 0. The van der Waals surface area contributed by atoms with Crippen LogP contribution in [-0.4, -0.2) is 16.5 Å². The number of rotatable bonds is 3. The number of para-hydroxylation sites is 1. The van der Waals surface area contributed by atoms with Crippen molar-refractivity contribution in [3.63, 3.8) is 0 Å². The molecule has 4 heteroatoms. The quantitative estimate of drug-likeness (QED) is 0.780. The van der Waals surface area contributed by atoms with Crippen LogP contribution in [0.5, 0.6) is 0 Å². The first kappa shape index (κ1) is 13.3. The summed E-state index contributed by atoms with van der Waals surface area (Å²) < 4.78 is 0. The summed E-state index contributed by atoms with van der Waals surface area (Å²) in [5, 5.41) is 0. The fourth-order valence-electron chi connectivity index (χ4n) is 3.27. The SMILES string of the molecule is NCc1ccc2nc(CN3CCCc4ccccc43)[nH]c2c1. The van der Waals surface area contributed by atoms with Gasteiger partial charge in [-0.1, -0.05) is 24.3 Å². The van der Waals surface area contributed by atoms with Crippen LogP contribution in [0, 0.1) is 0 Å². The molecule has 0 atom stereocenters. The van der Waals surface area contributed by atoms with Crippen molar-refractivity contribution in [2.75, 3.05) is 11.4 Å². The lowest BCUT2D eigenvalue weighted by Gasteiger charge is -2.30. The third-order valence-corrected chi connectivity index (χ3v) is 4.38. The molecule has 0 aliphatic carbocycles. The van der Waals surface area contributed by atoms with Crippen LogP contribution in [0.2, 0.25) is 0 Å². The maximum atomic E-state index is 5.71. The van der Waals surface area contributed by atoms with Crippen LogP contribution in [0.15, 0.2) is 42.5 Å². The molecule has 112 valence electrons. The molecular formula is C18H20N4. The second kappa shape index (κ2) is 5.46. The van der Waals surface area contributed by atoms with Gasteiger partial charge >= 0.3 is 0 Å². The van der Waals surface area contributed by atoms with E-state index in [1.807, 2.05) is 12.1 Å². The molecule has 2 heterocycles. The van der Waals surface area contributed by atoms with Gasteiger partial charge < -0.3 is 15.6 Å². The van der Waals surface area contributed by atoms with Crippen molar-refractivity contribution in [2.45, 2.75) is 25.9 Å². The summed E-state index contributed by atoms with van der Waals surface area (Å²) in [5.41, 5.74) is 11.7. The Morgan fingerprint density at radius 2 is 2.09 bits per heavy atom. The predicted molar refractivity (Wildman–Crippen MR) is 89.8 cm³/mol. The van der Waals surface area contributed by atoms with Crippen molar-refractivity contribution < 1.29 is 0 Å². The molecule has 2 aromatic carbocycles. The Morgan fingerprint density at radius 3 is 3.00 bits per heavy atom. The van der Waals surface area contributed by atoms with Gasteiger partial charge in [0.25, 0.3) is 0 Å². The molecule has 4 nitrogen and oxygen atoms in total. The highest BCUT2D eigenvalue weighted by Crippen LogP contribution is 2.28. The smallest absolute Gasteiger partial charge is 0.126 e. The van der Waals surface area contributed by atoms with E-state index in [1.54, 1.807) is 0 Å². The molecule has 0 saturated carbocycles. The fourth-order valence-corrected chi connectivity index (χ4v) is 3.27. The summed E-state index contributed by atoms with van der Waals surface area (Å²) in [6, 6.07) is 14.9. The molecule has 1 aromatic heterocycles. The highest BCUT2D eigenvalue weighted by Gasteiger charge is 2.17. The minimum absolute atomic E-state index is 0.559. The monoisotopic (exact) mass is 292 g/mol. The van der Waals surface area contributed by atoms with Crippen LogP contribution in [-0.2, 0) is 19.5 Å². The normalized spacial score (nSPS) is 14.3. The molecule has 0 unspecified atom stereocenters. The number of aryl methyl sites for hydroxylation is 1. The predicted octanol–water partition coefficient (Wildman–Crippen LogP) is 2.97. The van der Waals surface area contributed by atoms with Gasteiger partial charge in [-0.15, -0.1) is 0 Å². The van der Waals surface area contributed by atoms with E-state index in [9.17, 15) is 0 Å². The van der Waals surface area contributed by atoms with Crippen molar-refractivity contribution in [1.82, 2.24) is 9.97 Å². The molecule has 1 aliphatic heterocycles. The number of hydrogen-bond donors (Lipinski definition) is 2. The lowest BCUT2D eigenvalue weighted by molar-refractivity contribution is 0.678. The lowest BCUT2D eigenvalue weighted by atomic mass is 10.0. The zero-order valence-corrected chi connectivity index (χ0v) is 12.5. The molecule has 22 heavy (non-hydrogen) atoms. The Bertz CT molecular complexity index is 806. The first-order valence-electron chi connectivity index (χ1n) is 7.84. The largest absolute Gasteiger partial charge is 0.364 e. The second-order valence-electron chi connectivity index (χ2n) is 5.89. The maximum Gasteiger partial charge on any atom is 0.126 e. The Labute approximate surface area is 130 Å². The van der Waals surface area contributed by atoms with Crippen molar-refractivity contribution in [3.05, 3.63) is 59.4 Å². The summed E-state index contributed by atoms with van der Waals surface area (Å²) in [6.45, 7) is 2.47. The number of nitrogens with zero attached hydrogens (tertiary/aromatic N) is 2. The van der Waals surface area contributed by atoms with E-state index in [0.717, 1.165) is 35.5 Å². The van der Waals surface area contributed by atoms with Gasteiger partial charge in [0.05, 0.1) is 17.6 Å². The minimum Gasteiger partial charge on any atom is -0.364 e. The molecule has 0 amide bonds. The van der Waals surface area contributed by atoms with Gasteiger partial charge in [0.2, 0.25) is 0 Å². The number of nitrogens with two attached hydrogens (primary N) is 1. The Balaban J connectivity index is 1.64. The van der Waals surface area contributed by atoms with Gasteiger partial charge in [0.15, 0.2) is 0 Å². The average molecular weight is 292 g/mol. The molecule has 4 rings (SSSR count). The molecule has 0 saturated heterocycles. The van der Waals surface area contributed by atoms with E-state index in [0.29, 0.717) is 6.54 Å². The minimum atomic E-state index is 0.559. The van der Waals surface area contributed by atoms with Gasteiger partial charge in [-0.05, 0) is 42.2 Å². The van der Waals surface area contributed by atoms with Gasteiger partial charge in [0.1, 0.15) is 5.82 Å². The average Bonchev–Trinajstić information content (AvgIpc) is 2.96. The van der Waals surface area contributed by atoms with E-state index in [4.69, 9.17) is 10.7 Å². The van der Waals surface area contributed by atoms with Crippen LogP contribution in [0.3, 0.4) is 0 Å². The molecular weight excluding hydrogens is 272 g/mol. The third kappa shape index (κ3) is 2.35. The number of aromatic nitrogens is 2. The number of fused-ring (bicyclic) bond motifs is 2. The fraction of sp³-hybridized carbons (Fsp3) is 0.278. The molecule has 0 fully saturated rings. The summed E-state index contributed by atoms with van der Waals surface area (Å²) in [4.78, 5) is 10.6. The molecule has 3 aromatic rings. The highest BCUT2D eigenvalue weighted by atomic mass is 15.2. The van der Waals surface area contributed by atoms with Crippen LogP contribution < -0.4 is 10.6 Å². The zero-order chi connectivity index (χ0) is 14.9. The zero-order valence-electron chi connectivity index (χ0n) is 12.5. The number of H-pyrrole nitrogens is 1. The highest BCUT2D eigenvalue weighted by molar-refractivity contribution is 5.76. The molecule has 1 aliphatic rings. The Morgan fingerprint density at radius 1 is 1.18 bits per heavy atom. The van der Waals surface area contributed by atoms with Crippen LogP contribution >= 0.6 is 0 Å². The van der Waals surface area contributed by atoms with Gasteiger partial charge in [-0.3, -0.25) is 0 Å². The van der Waals surface area contributed by atoms with E-state index in [-0.39, 0.29) is 0 Å². The van der Waals surface area contributed by atoms with E-state index in [1.165, 1.54) is 24.1 Å². The summed E-state index contributed by atoms with van der Waals surface area (Å²) in [6.07, 6.45) is 2.38. The van der Waals surface area contributed by atoms with Crippen molar-refractivity contribution >= 4 is 16.7 Å². The summed E-state index contributed by atoms with van der Waals surface area (Å²) >= 11 is 0. The maximum absolute atomic E-state index is 5.71. The number of anilines is 1. The van der Waals surface area contributed by atoms with E-state index in [2.05, 4.69) is 40.2 Å². The first-order valence-corrected chi connectivity index (χ1v) is 7.84. The molecule has 0 spiro atoms. The van der Waals surface area contributed by atoms with Crippen molar-refractivity contribution in [2.24, 2.45) is 5.73 Å². The van der Waals surface area contributed by atoms with Crippen LogP contribution in [0.4, 0.5) is 5.69 Å². The molecule has 3 N–H and O–H groups in total. The van der Waals surface area contributed by atoms with Crippen molar-refractivity contribution in [1.29, 1.82) is 0 Å². The number of aromatic amines is 1. The first-order chi connectivity index (χ1) is 10.8. The number of hydrogen-bond acceptors (Lipinski definition) is 3. The van der Waals surface area contributed by atoms with E-state index < -0.39 is 0 Å². The Hall–Kier alpha value is -2.33. The number of benzene rings is 2. The van der Waals surface area contributed by atoms with Gasteiger partial charge in [-0.2, -0.15) is 0 Å². The van der Waals surface area contributed by atoms with Crippen molar-refractivity contribution in [3.8, 4) is 0 Å². The second-order valence-corrected chi connectivity index (χ2v) is 5.89.